The Morgan fingerprint density at radius 3 is 2.52 bits per heavy atom. The van der Waals surface area contributed by atoms with Gasteiger partial charge in [-0.05, 0) is 45.2 Å². The van der Waals surface area contributed by atoms with Gasteiger partial charge in [0.2, 0.25) is 0 Å². The zero-order valence-corrected chi connectivity index (χ0v) is 14.2. The summed E-state index contributed by atoms with van der Waals surface area (Å²) in [6.07, 6.45) is 7.48. The van der Waals surface area contributed by atoms with Crippen molar-refractivity contribution in [1.82, 2.24) is 5.32 Å². The van der Waals surface area contributed by atoms with E-state index in [4.69, 9.17) is 4.74 Å². The molecule has 1 heterocycles. The van der Waals surface area contributed by atoms with E-state index in [0.29, 0.717) is 12.6 Å². The van der Waals surface area contributed by atoms with Crippen LogP contribution < -0.4 is 5.32 Å². The highest BCUT2D eigenvalue weighted by Gasteiger charge is 2.27. The van der Waals surface area contributed by atoms with E-state index in [1.165, 1.54) is 35.4 Å². The standard InChI is InChI=1S/C17H27NO2S/c1-4-20-17(19)16(15-11-12(2)21-13(15)3)18-14-9-7-5-6-8-10-14/h11,14,16,18H,4-10H2,1-3H3. The summed E-state index contributed by atoms with van der Waals surface area (Å²) >= 11 is 1.75. The highest BCUT2D eigenvalue weighted by molar-refractivity contribution is 7.12. The topological polar surface area (TPSA) is 38.3 Å². The molecule has 4 heteroatoms. The minimum absolute atomic E-state index is 0.136. The Kier molecular flexibility index (Phi) is 6.24. The molecule has 1 aliphatic carbocycles. The fourth-order valence-electron chi connectivity index (χ4n) is 3.13. The van der Waals surface area contributed by atoms with Crippen LogP contribution in [0.5, 0.6) is 0 Å². The smallest absolute Gasteiger partial charge is 0.327 e. The van der Waals surface area contributed by atoms with E-state index in [9.17, 15) is 4.79 Å². The molecule has 0 radical (unpaired) electrons. The van der Waals surface area contributed by atoms with Crippen molar-refractivity contribution in [2.24, 2.45) is 0 Å². The summed E-state index contributed by atoms with van der Waals surface area (Å²) in [5.41, 5.74) is 1.10. The fraction of sp³-hybridized carbons (Fsp3) is 0.706. The van der Waals surface area contributed by atoms with Crippen LogP contribution in [-0.2, 0) is 9.53 Å². The third-order valence-corrected chi connectivity index (χ3v) is 5.15. The Balaban J connectivity index is 2.15. The van der Waals surface area contributed by atoms with E-state index in [1.807, 2.05) is 6.92 Å². The predicted molar refractivity (Wildman–Crippen MR) is 87.8 cm³/mol. The molecule has 2 rings (SSSR count). The lowest BCUT2D eigenvalue weighted by atomic mass is 10.0. The number of rotatable bonds is 5. The van der Waals surface area contributed by atoms with E-state index in [-0.39, 0.29) is 12.0 Å². The molecule has 21 heavy (non-hydrogen) atoms. The zero-order chi connectivity index (χ0) is 15.2. The second-order valence-corrected chi connectivity index (χ2v) is 7.37. The fourth-order valence-corrected chi connectivity index (χ4v) is 4.09. The summed E-state index contributed by atoms with van der Waals surface area (Å²) in [6.45, 7) is 6.49. The second kappa shape index (κ2) is 7.95. The summed E-state index contributed by atoms with van der Waals surface area (Å²) in [4.78, 5) is 14.8. The molecule has 3 nitrogen and oxygen atoms in total. The molecule has 1 N–H and O–H groups in total. The van der Waals surface area contributed by atoms with Crippen LogP contribution >= 0.6 is 11.3 Å². The number of nitrogens with one attached hydrogen (secondary N) is 1. The van der Waals surface area contributed by atoms with Gasteiger partial charge < -0.3 is 4.74 Å². The Labute approximate surface area is 132 Å². The van der Waals surface area contributed by atoms with E-state index in [2.05, 4.69) is 25.2 Å². The maximum absolute atomic E-state index is 12.4. The first kappa shape index (κ1) is 16.5. The Hall–Kier alpha value is -0.870. The Morgan fingerprint density at radius 2 is 2.00 bits per heavy atom. The van der Waals surface area contributed by atoms with Gasteiger partial charge in [0.25, 0.3) is 0 Å². The third-order valence-electron chi connectivity index (χ3n) is 4.17. The van der Waals surface area contributed by atoms with Crippen molar-refractivity contribution < 1.29 is 9.53 Å². The van der Waals surface area contributed by atoms with Crippen molar-refractivity contribution in [3.63, 3.8) is 0 Å². The van der Waals surface area contributed by atoms with Gasteiger partial charge in [-0.1, -0.05) is 25.7 Å². The first-order valence-corrected chi connectivity index (χ1v) is 8.93. The SMILES string of the molecule is CCOC(=O)C(NC1CCCCCC1)c1cc(C)sc1C. The van der Waals surface area contributed by atoms with Crippen molar-refractivity contribution in [2.75, 3.05) is 6.61 Å². The zero-order valence-electron chi connectivity index (χ0n) is 13.4. The molecule has 1 aliphatic rings. The molecule has 0 amide bonds. The molecular weight excluding hydrogens is 282 g/mol. The van der Waals surface area contributed by atoms with Crippen LogP contribution in [0.25, 0.3) is 0 Å². The molecular formula is C17H27NO2S. The van der Waals surface area contributed by atoms with Crippen molar-refractivity contribution in [3.05, 3.63) is 21.4 Å². The minimum atomic E-state index is -0.307. The Morgan fingerprint density at radius 1 is 1.33 bits per heavy atom. The second-order valence-electron chi connectivity index (χ2n) is 5.91. The summed E-state index contributed by atoms with van der Waals surface area (Å²) in [5, 5.41) is 3.58. The van der Waals surface area contributed by atoms with E-state index in [0.717, 1.165) is 18.4 Å². The van der Waals surface area contributed by atoms with Crippen LogP contribution in [0.4, 0.5) is 0 Å². The third kappa shape index (κ3) is 4.55. The highest BCUT2D eigenvalue weighted by atomic mass is 32.1. The molecule has 0 bridgehead atoms. The molecule has 118 valence electrons. The van der Waals surface area contributed by atoms with Crippen LogP contribution in [-0.4, -0.2) is 18.6 Å². The minimum Gasteiger partial charge on any atom is -0.465 e. The lowest BCUT2D eigenvalue weighted by Gasteiger charge is -2.24. The molecule has 0 aromatic carbocycles. The molecule has 1 saturated carbocycles. The Bertz CT molecular complexity index is 461. The number of aryl methyl sites for hydroxylation is 2. The average Bonchev–Trinajstić information content (AvgIpc) is 2.66. The predicted octanol–water partition coefficient (Wildman–Crippen LogP) is 4.28. The van der Waals surface area contributed by atoms with Gasteiger partial charge in [0.05, 0.1) is 6.61 Å². The van der Waals surface area contributed by atoms with Gasteiger partial charge in [-0.2, -0.15) is 0 Å². The van der Waals surface area contributed by atoms with Crippen molar-refractivity contribution >= 4 is 17.3 Å². The molecule has 1 fully saturated rings. The van der Waals surface area contributed by atoms with Crippen molar-refractivity contribution in [3.8, 4) is 0 Å². The first-order chi connectivity index (χ1) is 10.1. The molecule has 1 aromatic rings. The number of ether oxygens (including phenoxy) is 1. The number of hydrogen-bond acceptors (Lipinski definition) is 4. The lowest BCUT2D eigenvalue weighted by molar-refractivity contribution is -0.146. The summed E-state index contributed by atoms with van der Waals surface area (Å²) in [7, 11) is 0. The maximum atomic E-state index is 12.4. The summed E-state index contributed by atoms with van der Waals surface area (Å²) in [5.74, 6) is -0.136. The van der Waals surface area contributed by atoms with Gasteiger partial charge in [-0.25, -0.2) is 4.79 Å². The first-order valence-electron chi connectivity index (χ1n) is 8.11. The lowest BCUT2D eigenvalue weighted by Crippen LogP contribution is -2.38. The van der Waals surface area contributed by atoms with Crippen molar-refractivity contribution in [1.29, 1.82) is 0 Å². The summed E-state index contributed by atoms with van der Waals surface area (Å²) < 4.78 is 5.30. The number of carbonyl (C=O) groups excluding carboxylic acids is 1. The van der Waals surface area contributed by atoms with Gasteiger partial charge in [0.1, 0.15) is 6.04 Å². The van der Waals surface area contributed by atoms with Gasteiger partial charge in [-0.3, -0.25) is 5.32 Å². The molecule has 0 aliphatic heterocycles. The average molecular weight is 309 g/mol. The van der Waals surface area contributed by atoms with Crippen LogP contribution in [0.15, 0.2) is 6.07 Å². The highest BCUT2D eigenvalue weighted by Crippen LogP contribution is 2.29. The van der Waals surface area contributed by atoms with E-state index in [1.54, 1.807) is 11.3 Å². The molecule has 0 saturated heterocycles. The normalized spacial score (nSPS) is 18.2. The molecule has 1 aromatic heterocycles. The summed E-state index contributed by atoms with van der Waals surface area (Å²) in [6, 6.07) is 2.25. The van der Waals surface area contributed by atoms with Crippen LogP contribution in [0.2, 0.25) is 0 Å². The van der Waals surface area contributed by atoms with Crippen molar-refractivity contribution in [2.45, 2.75) is 71.4 Å². The largest absolute Gasteiger partial charge is 0.465 e. The molecule has 1 atom stereocenters. The van der Waals surface area contributed by atoms with Gasteiger partial charge in [0.15, 0.2) is 0 Å². The monoisotopic (exact) mass is 309 g/mol. The van der Waals surface area contributed by atoms with Crippen LogP contribution in [0.3, 0.4) is 0 Å². The van der Waals surface area contributed by atoms with Gasteiger partial charge >= 0.3 is 5.97 Å². The van der Waals surface area contributed by atoms with Crippen LogP contribution in [0, 0.1) is 13.8 Å². The van der Waals surface area contributed by atoms with Crippen LogP contribution in [0.1, 0.15) is 66.8 Å². The number of carbonyl (C=O) groups is 1. The maximum Gasteiger partial charge on any atom is 0.327 e. The molecule has 1 unspecified atom stereocenters. The molecule has 0 spiro atoms. The number of esters is 1. The number of thiophene rings is 1. The quantitative estimate of drug-likeness (QED) is 0.651. The van der Waals surface area contributed by atoms with Gasteiger partial charge in [-0.15, -0.1) is 11.3 Å². The number of hydrogen-bond donors (Lipinski definition) is 1. The van der Waals surface area contributed by atoms with E-state index < -0.39 is 0 Å². The van der Waals surface area contributed by atoms with E-state index >= 15 is 0 Å². The van der Waals surface area contributed by atoms with Gasteiger partial charge in [0, 0.05) is 15.8 Å².